The summed E-state index contributed by atoms with van der Waals surface area (Å²) in [5.74, 6) is 0.577. The Balaban J connectivity index is 2.07. The zero-order valence-corrected chi connectivity index (χ0v) is 11.8. The number of aryl methyl sites for hydroxylation is 1. The molecule has 20 heavy (non-hydrogen) atoms. The number of tetrazole rings is 1. The van der Waals surface area contributed by atoms with Crippen LogP contribution in [0.3, 0.4) is 0 Å². The van der Waals surface area contributed by atoms with Crippen LogP contribution in [0.4, 0.5) is 5.69 Å². The molecule has 0 atom stereocenters. The zero-order chi connectivity index (χ0) is 14.5. The molecule has 0 spiro atoms. The lowest BCUT2D eigenvalue weighted by Gasteiger charge is -2.09. The molecular formula is C13H18N6O. The van der Waals surface area contributed by atoms with E-state index in [0.29, 0.717) is 5.82 Å². The van der Waals surface area contributed by atoms with Gasteiger partial charge in [0.15, 0.2) is 5.82 Å². The van der Waals surface area contributed by atoms with Crippen molar-refractivity contribution in [1.82, 2.24) is 25.5 Å². The van der Waals surface area contributed by atoms with Crippen molar-refractivity contribution in [2.24, 2.45) is 7.05 Å². The third-order valence-corrected chi connectivity index (χ3v) is 2.70. The summed E-state index contributed by atoms with van der Waals surface area (Å²) in [6.45, 7) is 4.28. The van der Waals surface area contributed by atoms with Gasteiger partial charge in [0.2, 0.25) is 5.91 Å². The number of nitrogens with zero attached hydrogens (tertiary/aromatic N) is 4. The molecule has 0 unspecified atom stereocenters. The number of nitrogens with one attached hydrogen (secondary N) is 2. The van der Waals surface area contributed by atoms with E-state index in [2.05, 4.69) is 26.2 Å². The minimum atomic E-state index is -0.0769. The number of amides is 1. The van der Waals surface area contributed by atoms with Crippen LogP contribution in [-0.2, 0) is 11.8 Å². The van der Waals surface area contributed by atoms with Gasteiger partial charge in [-0.15, -0.1) is 5.10 Å². The van der Waals surface area contributed by atoms with Gasteiger partial charge in [-0.3, -0.25) is 4.79 Å². The molecule has 7 nitrogen and oxygen atoms in total. The molecule has 2 N–H and O–H groups in total. The maximum Gasteiger partial charge on any atom is 0.238 e. The average Bonchev–Trinajstić information content (AvgIpc) is 2.83. The van der Waals surface area contributed by atoms with Gasteiger partial charge in [-0.1, -0.05) is 26.0 Å². The lowest BCUT2D eigenvalue weighted by atomic mass is 10.2. The third-order valence-electron chi connectivity index (χ3n) is 2.70. The fourth-order valence-corrected chi connectivity index (χ4v) is 1.71. The molecule has 106 valence electrons. The number of carbonyl (C=O) groups excluding carboxylic acids is 1. The molecule has 0 aliphatic carbocycles. The summed E-state index contributed by atoms with van der Waals surface area (Å²) in [7, 11) is 1.77. The largest absolute Gasteiger partial charge is 0.325 e. The number of hydrogen-bond acceptors (Lipinski definition) is 5. The summed E-state index contributed by atoms with van der Waals surface area (Å²) in [5, 5.41) is 17.2. The van der Waals surface area contributed by atoms with Crippen molar-refractivity contribution in [2.45, 2.75) is 19.9 Å². The maximum absolute atomic E-state index is 11.8. The molecule has 0 saturated carbocycles. The molecule has 0 aliphatic heterocycles. The Bertz CT molecular complexity index is 592. The second-order valence-corrected chi connectivity index (χ2v) is 4.79. The number of anilines is 1. The summed E-state index contributed by atoms with van der Waals surface area (Å²) in [6.07, 6.45) is 0. The highest BCUT2D eigenvalue weighted by molar-refractivity contribution is 5.92. The molecule has 7 heteroatoms. The topological polar surface area (TPSA) is 84.7 Å². The van der Waals surface area contributed by atoms with E-state index >= 15 is 0 Å². The molecule has 1 aromatic carbocycles. The summed E-state index contributed by atoms with van der Waals surface area (Å²) < 4.78 is 1.58. The molecule has 1 amide bonds. The van der Waals surface area contributed by atoms with E-state index in [1.165, 1.54) is 0 Å². The first-order chi connectivity index (χ1) is 9.56. The minimum Gasteiger partial charge on any atom is -0.325 e. The minimum absolute atomic E-state index is 0.0769. The van der Waals surface area contributed by atoms with Crippen LogP contribution in [0.5, 0.6) is 0 Å². The first-order valence-electron chi connectivity index (χ1n) is 6.42. The number of hydrogen-bond donors (Lipinski definition) is 2. The van der Waals surface area contributed by atoms with Crippen molar-refractivity contribution in [3.8, 4) is 11.4 Å². The molecule has 2 aromatic rings. The van der Waals surface area contributed by atoms with Crippen LogP contribution < -0.4 is 10.6 Å². The highest BCUT2D eigenvalue weighted by Gasteiger charge is 2.08. The van der Waals surface area contributed by atoms with Crippen LogP contribution in [0, 0.1) is 0 Å². The van der Waals surface area contributed by atoms with Crippen molar-refractivity contribution in [3.63, 3.8) is 0 Å². The molecule has 0 saturated heterocycles. The predicted molar refractivity (Wildman–Crippen MR) is 76.0 cm³/mol. The van der Waals surface area contributed by atoms with Gasteiger partial charge in [0, 0.05) is 24.3 Å². The molecule has 0 bridgehead atoms. The molecule has 2 rings (SSSR count). The standard InChI is InChI=1S/C13H18N6O/c1-9(2)14-8-12(20)15-11-6-4-5-10(7-11)13-16-17-18-19(13)3/h4-7,9,14H,8H2,1-3H3,(H,15,20). The van der Waals surface area contributed by atoms with Crippen LogP contribution in [0.2, 0.25) is 0 Å². The predicted octanol–water partition coefficient (Wildman–Crippen LogP) is 0.814. The van der Waals surface area contributed by atoms with Crippen molar-refractivity contribution in [1.29, 1.82) is 0 Å². The lowest BCUT2D eigenvalue weighted by Crippen LogP contribution is -2.32. The second-order valence-electron chi connectivity index (χ2n) is 4.79. The van der Waals surface area contributed by atoms with Gasteiger partial charge in [0.25, 0.3) is 0 Å². The summed E-state index contributed by atoms with van der Waals surface area (Å²) in [6, 6.07) is 7.71. The Kier molecular flexibility index (Phi) is 4.41. The number of carbonyl (C=O) groups is 1. The Morgan fingerprint density at radius 2 is 2.20 bits per heavy atom. The second kappa shape index (κ2) is 6.25. The van der Waals surface area contributed by atoms with Crippen molar-refractivity contribution in [3.05, 3.63) is 24.3 Å². The highest BCUT2D eigenvalue weighted by atomic mass is 16.1. The summed E-state index contributed by atoms with van der Waals surface area (Å²) in [5.41, 5.74) is 1.58. The summed E-state index contributed by atoms with van der Waals surface area (Å²) in [4.78, 5) is 11.8. The number of rotatable bonds is 5. The van der Waals surface area contributed by atoms with E-state index in [9.17, 15) is 4.79 Å². The molecule has 1 aromatic heterocycles. The van der Waals surface area contributed by atoms with Gasteiger partial charge in [-0.05, 0) is 22.6 Å². The van der Waals surface area contributed by atoms with Crippen LogP contribution >= 0.6 is 0 Å². The Labute approximate surface area is 117 Å². The van der Waals surface area contributed by atoms with E-state index in [1.807, 2.05) is 38.1 Å². The summed E-state index contributed by atoms with van der Waals surface area (Å²) >= 11 is 0. The van der Waals surface area contributed by atoms with E-state index in [-0.39, 0.29) is 18.5 Å². The van der Waals surface area contributed by atoms with Crippen molar-refractivity contribution >= 4 is 11.6 Å². The Morgan fingerprint density at radius 1 is 1.40 bits per heavy atom. The van der Waals surface area contributed by atoms with Crippen LogP contribution in [-0.4, -0.2) is 38.7 Å². The van der Waals surface area contributed by atoms with Crippen LogP contribution in [0.15, 0.2) is 24.3 Å². The first-order valence-corrected chi connectivity index (χ1v) is 6.42. The van der Waals surface area contributed by atoms with Gasteiger partial charge >= 0.3 is 0 Å². The van der Waals surface area contributed by atoms with E-state index in [0.717, 1.165) is 11.3 Å². The zero-order valence-electron chi connectivity index (χ0n) is 11.8. The van der Waals surface area contributed by atoms with E-state index in [4.69, 9.17) is 0 Å². The maximum atomic E-state index is 11.8. The van der Waals surface area contributed by atoms with Crippen molar-refractivity contribution < 1.29 is 4.79 Å². The van der Waals surface area contributed by atoms with Gasteiger partial charge in [0.05, 0.1) is 6.54 Å². The van der Waals surface area contributed by atoms with Crippen LogP contribution in [0.1, 0.15) is 13.8 Å². The fraction of sp³-hybridized carbons (Fsp3) is 0.385. The SMILES string of the molecule is CC(C)NCC(=O)Nc1cccc(-c2nnnn2C)c1. The van der Waals surface area contributed by atoms with Gasteiger partial charge in [-0.2, -0.15) is 0 Å². The highest BCUT2D eigenvalue weighted by Crippen LogP contribution is 2.19. The van der Waals surface area contributed by atoms with E-state index in [1.54, 1.807) is 11.7 Å². The molecule has 0 fully saturated rings. The quantitative estimate of drug-likeness (QED) is 0.843. The average molecular weight is 274 g/mol. The van der Waals surface area contributed by atoms with Gasteiger partial charge in [0.1, 0.15) is 0 Å². The molecule has 1 heterocycles. The Hall–Kier alpha value is -2.28. The smallest absolute Gasteiger partial charge is 0.238 e. The molecule has 0 radical (unpaired) electrons. The lowest BCUT2D eigenvalue weighted by molar-refractivity contribution is -0.115. The number of aromatic nitrogens is 4. The first kappa shape index (κ1) is 14.1. The van der Waals surface area contributed by atoms with E-state index < -0.39 is 0 Å². The van der Waals surface area contributed by atoms with Crippen molar-refractivity contribution in [2.75, 3.05) is 11.9 Å². The molecule has 0 aliphatic rings. The Morgan fingerprint density at radius 3 is 2.85 bits per heavy atom. The molecular weight excluding hydrogens is 256 g/mol. The van der Waals surface area contributed by atoms with Crippen LogP contribution in [0.25, 0.3) is 11.4 Å². The van der Waals surface area contributed by atoms with Gasteiger partial charge in [-0.25, -0.2) is 4.68 Å². The fourth-order valence-electron chi connectivity index (χ4n) is 1.71. The number of benzene rings is 1. The monoisotopic (exact) mass is 274 g/mol. The normalized spacial score (nSPS) is 10.8. The van der Waals surface area contributed by atoms with Gasteiger partial charge < -0.3 is 10.6 Å². The third kappa shape index (κ3) is 3.61.